The van der Waals surface area contributed by atoms with Crippen LogP contribution in [0.5, 0.6) is 5.75 Å². The minimum atomic E-state index is -0.764. The van der Waals surface area contributed by atoms with E-state index in [1.54, 1.807) is 12.1 Å². The zero-order valence-electron chi connectivity index (χ0n) is 8.99. The summed E-state index contributed by atoms with van der Waals surface area (Å²) in [6.07, 6.45) is 2.51. The molecule has 0 saturated heterocycles. The zero-order chi connectivity index (χ0) is 11.8. The average Bonchev–Trinajstić information content (AvgIpc) is 2.25. The maximum atomic E-state index is 12.5. The summed E-state index contributed by atoms with van der Waals surface area (Å²) in [6.45, 7) is 0.533. The Morgan fingerprint density at radius 3 is 2.50 bits per heavy atom. The van der Waals surface area contributed by atoms with E-state index < -0.39 is 5.97 Å². The quantitative estimate of drug-likeness (QED) is 0.727. The Morgan fingerprint density at radius 1 is 1.19 bits per heavy atom. The molecule has 0 atom stereocenters. The van der Waals surface area contributed by atoms with Crippen molar-refractivity contribution in [3.05, 3.63) is 30.1 Å². The van der Waals surface area contributed by atoms with E-state index in [0.717, 1.165) is 12.8 Å². The topological polar surface area (TPSA) is 46.5 Å². The van der Waals surface area contributed by atoms with Crippen molar-refractivity contribution >= 4 is 5.97 Å². The Morgan fingerprint density at radius 2 is 1.88 bits per heavy atom. The van der Waals surface area contributed by atoms with Gasteiger partial charge in [-0.1, -0.05) is 0 Å². The third-order valence-corrected chi connectivity index (χ3v) is 2.12. The number of hydrogen-bond acceptors (Lipinski definition) is 2. The van der Waals surface area contributed by atoms with E-state index in [-0.39, 0.29) is 12.2 Å². The van der Waals surface area contributed by atoms with Crippen LogP contribution in [-0.2, 0) is 4.79 Å². The van der Waals surface area contributed by atoms with Crippen LogP contribution in [0.3, 0.4) is 0 Å². The molecule has 0 aliphatic carbocycles. The van der Waals surface area contributed by atoms with Gasteiger partial charge in [-0.2, -0.15) is 0 Å². The van der Waals surface area contributed by atoms with Crippen molar-refractivity contribution in [3.8, 4) is 5.75 Å². The summed E-state index contributed by atoms with van der Waals surface area (Å²) in [5.74, 6) is -0.409. The molecule has 0 unspecified atom stereocenters. The summed E-state index contributed by atoms with van der Waals surface area (Å²) >= 11 is 0. The molecule has 0 radical (unpaired) electrons. The molecule has 0 aliphatic heterocycles. The van der Waals surface area contributed by atoms with Crippen LogP contribution in [0.1, 0.15) is 25.7 Å². The van der Waals surface area contributed by atoms with Crippen LogP contribution in [0.25, 0.3) is 0 Å². The van der Waals surface area contributed by atoms with Gasteiger partial charge in [-0.15, -0.1) is 0 Å². The van der Waals surface area contributed by atoms with Crippen molar-refractivity contribution in [2.75, 3.05) is 6.61 Å². The molecule has 0 spiro atoms. The number of carbonyl (C=O) groups is 1. The lowest BCUT2D eigenvalue weighted by Gasteiger charge is -2.05. The van der Waals surface area contributed by atoms with Gasteiger partial charge < -0.3 is 9.84 Å². The van der Waals surface area contributed by atoms with Crippen LogP contribution in [0, 0.1) is 5.82 Å². The normalized spacial score (nSPS) is 10.1. The molecule has 4 heteroatoms. The van der Waals surface area contributed by atoms with E-state index in [1.165, 1.54) is 12.1 Å². The van der Waals surface area contributed by atoms with Crippen molar-refractivity contribution < 1.29 is 19.0 Å². The van der Waals surface area contributed by atoms with Crippen LogP contribution >= 0.6 is 0 Å². The third-order valence-electron chi connectivity index (χ3n) is 2.12. The largest absolute Gasteiger partial charge is 0.494 e. The van der Waals surface area contributed by atoms with Crippen molar-refractivity contribution in [2.24, 2.45) is 0 Å². The van der Waals surface area contributed by atoms with Gasteiger partial charge in [-0.3, -0.25) is 4.79 Å². The molecule has 0 amide bonds. The maximum absolute atomic E-state index is 12.5. The van der Waals surface area contributed by atoms with Gasteiger partial charge in [0.2, 0.25) is 0 Å². The fourth-order valence-corrected chi connectivity index (χ4v) is 1.28. The van der Waals surface area contributed by atoms with Gasteiger partial charge in [0.15, 0.2) is 0 Å². The second kappa shape index (κ2) is 6.82. The smallest absolute Gasteiger partial charge is 0.303 e. The summed E-state index contributed by atoms with van der Waals surface area (Å²) in [7, 11) is 0. The predicted octanol–water partition coefficient (Wildman–Crippen LogP) is 2.85. The predicted molar refractivity (Wildman–Crippen MR) is 58.0 cm³/mol. The Hall–Kier alpha value is -1.58. The molecule has 0 saturated carbocycles. The maximum Gasteiger partial charge on any atom is 0.303 e. The highest BCUT2D eigenvalue weighted by Crippen LogP contribution is 2.11. The second-order valence-electron chi connectivity index (χ2n) is 3.51. The molecule has 1 N–H and O–H groups in total. The first kappa shape index (κ1) is 12.5. The molecule has 1 aromatic carbocycles. The molecule has 88 valence electrons. The van der Waals surface area contributed by atoms with Crippen LogP contribution in [-0.4, -0.2) is 17.7 Å². The molecule has 0 fully saturated rings. The molecule has 0 aliphatic rings. The first-order chi connectivity index (χ1) is 7.68. The number of hydrogen-bond donors (Lipinski definition) is 1. The molecule has 1 aromatic rings. The molecule has 1 rings (SSSR count). The number of halogens is 1. The van der Waals surface area contributed by atoms with E-state index in [4.69, 9.17) is 9.84 Å². The molecule has 0 heterocycles. The first-order valence-electron chi connectivity index (χ1n) is 5.28. The Kier molecular flexibility index (Phi) is 5.32. The fourth-order valence-electron chi connectivity index (χ4n) is 1.28. The molecule has 16 heavy (non-hydrogen) atoms. The number of ether oxygens (including phenoxy) is 1. The molecule has 3 nitrogen and oxygen atoms in total. The lowest BCUT2D eigenvalue weighted by atomic mass is 10.2. The van der Waals surface area contributed by atoms with Crippen molar-refractivity contribution in [1.82, 2.24) is 0 Å². The van der Waals surface area contributed by atoms with Crippen molar-refractivity contribution in [3.63, 3.8) is 0 Å². The van der Waals surface area contributed by atoms with Gasteiger partial charge in [0.05, 0.1) is 6.61 Å². The summed E-state index contributed by atoms with van der Waals surface area (Å²) in [5.41, 5.74) is 0. The van der Waals surface area contributed by atoms with Gasteiger partial charge >= 0.3 is 5.97 Å². The summed E-state index contributed by atoms with van der Waals surface area (Å²) in [5, 5.41) is 8.41. The summed E-state index contributed by atoms with van der Waals surface area (Å²) < 4.78 is 17.9. The Balaban J connectivity index is 2.07. The Bertz CT molecular complexity index is 322. The molecular weight excluding hydrogens is 211 g/mol. The minimum absolute atomic E-state index is 0.205. The molecule has 0 aromatic heterocycles. The summed E-state index contributed by atoms with van der Waals surface area (Å²) in [4.78, 5) is 10.2. The lowest BCUT2D eigenvalue weighted by Crippen LogP contribution is -1.99. The first-order valence-corrected chi connectivity index (χ1v) is 5.28. The molecule has 0 bridgehead atoms. The van der Waals surface area contributed by atoms with E-state index in [1.807, 2.05) is 0 Å². The van der Waals surface area contributed by atoms with Crippen molar-refractivity contribution in [2.45, 2.75) is 25.7 Å². The van der Waals surface area contributed by atoms with Crippen molar-refractivity contribution in [1.29, 1.82) is 0 Å². The standard InChI is InChI=1S/C12H15FO3/c13-10-5-7-11(8-6-10)16-9-3-1-2-4-12(14)15/h5-8H,1-4,9H2,(H,14,15). The average molecular weight is 226 g/mol. The highest BCUT2D eigenvalue weighted by Gasteiger charge is 1.97. The van der Waals surface area contributed by atoms with E-state index in [2.05, 4.69) is 0 Å². The third kappa shape index (κ3) is 5.34. The number of unbranched alkanes of at least 4 members (excludes halogenated alkanes) is 2. The van der Waals surface area contributed by atoms with Crippen LogP contribution < -0.4 is 4.74 Å². The lowest BCUT2D eigenvalue weighted by molar-refractivity contribution is -0.137. The van der Waals surface area contributed by atoms with Gasteiger partial charge in [0.25, 0.3) is 0 Å². The van der Waals surface area contributed by atoms with Crippen LogP contribution in [0.2, 0.25) is 0 Å². The second-order valence-corrected chi connectivity index (χ2v) is 3.51. The van der Waals surface area contributed by atoms with Gasteiger partial charge in [0, 0.05) is 6.42 Å². The van der Waals surface area contributed by atoms with E-state index >= 15 is 0 Å². The van der Waals surface area contributed by atoms with Crippen LogP contribution in [0.15, 0.2) is 24.3 Å². The summed E-state index contributed by atoms with van der Waals surface area (Å²) in [6, 6.07) is 5.85. The van der Waals surface area contributed by atoms with Gasteiger partial charge in [-0.05, 0) is 43.5 Å². The number of carboxylic acid groups (broad SMARTS) is 1. The number of benzene rings is 1. The number of rotatable bonds is 7. The molecular formula is C12H15FO3. The van der Waals surface area contributed by atoms with E-state index in [0.29, 0.717) is 18.8 Å². The highest BCUT2D eigenvalue weighted by molar-refractivity contribution is 5.66. The number of carboxylic acids is 1. The van der Waals surface area contributed by atoms with Gasteiger partial charge in [-0.25, -0.2) is 4.39 Å². The number of aliphatic carboxylic acids is 1. The zero-order valence-corrected chi connectivity index (χ0v) is 8.99. The van der Waals surface area contributed by atoms with Crippen LogP contribution in [0.4, 0.5) is 4.39 Å². The fraction of sp³-hybridized carbons (Fsp3) is 0.417. The minimum Gasteiger partial charge on any atom is -0.494 e. The monoisotopic (exact) mass is 226 g/mol. The highest BCUT2D eigenvalue weighted by atomic mass is 19.1. The van der Waals surface area contributed by atoms with E-state index in [9.17, 15) is 9.18 Å². The van der Waals surface area contributed by atoms with Gasteiger partial charge in [0.1, 0.15) is 11.6 Å². The SMILES string of the molecule is O=C(O)CCCCCOc1ccc(F)cc1. The Labute approximate surface area is 93.9 Å².